The molecule has 4 amide bonds. The number of benzene rings is 6. The van der Waals surface area contributed by atoms with Gasteiger partial charge in [-0.2, -0.15) is 16.8 Å². The van der Waals surface area contributed by atoms with E-state index in [0.717, 1.165) is 12.1 Å². The lowest BCUT2D eigenvalue weighted by molar-refractivity contribution is -0.132. The first-order chi connectivity index (χ1) is 26.3. The summed E-state index contributed by atoms with van der Waals surface area (Å²) in [4.78, 5) is 51.8. The molecule has 6 aromatic rings. The Kier molecular flexibility index (Phi) is 10.2. The molecule has 0 unspecified atom stereocenters. The number of amides is 4. The second-order valence-corrected chi connectivity index (χ2v) is 15.2. The van der Waals surface area contributed by atoms with E-state index in [1.54, 1.807) is 13.8 Å². The average molecular weight is 799 g/mol. The van der Waals surface area contributed by atoms with Crippen LogP contribution in [0.3, 0.4) is 0 Å². The van der Waals surface area contributed by atoms with Gasteiger partial charge in [0, 0.05) is 44.0 Å². The molecule has 8 N–H and O–H groups in total. The van der Waals surface area contributed by atoms with E-state index >= 15 is 0 Å². The second kappa shape index (κ2) is 14.8. The molecule has 0 aliphatic heterocycles. The van der Waals surface area contributed by atoms with Gasteiger partial charge >= 0.3 is 11.8 Å². The van der Waals surface area contributed by atoms with Gasteiger partial charge in [-0.3, -0.25) is 28.3 Å². The molecule has 0 spiro atoms. The Morgan fingerprint density at radius 2 is 0.875 bits per heavy atom. The summed E-state index contributed by atoms with van der Waals surface area (Å²) < 4.78 is 66.9. The van der Waals surface area contributed by atoms with E-state index < -0.39 is 53.7 Å². The van der Waals surface area contributed by atoms with Crippen LogP contribution in [0.15, 0.2) is 107 Å². The van der Waals surface area contributed by atoms with Gasteiger partial charge in [-0.1, -0.05) is 36.4 Å². The lowest BCUT2D eigenvalue weighted by atomic mass is 10.0. The van der Waals surface area contributed by atoms with Crippen LogP contribution >= 0.6 is 0 Å². The van der Waals surface area contributed by atoms with Crippen LogP contribution in [0, 0.1) is 13.8 Å². The molecule has 0 fully saturated rings. The zero-order valence-electron chi connectivity index (χ0n) is 29.1. The molecular formula is C38H30N4O12S2. The molecule has 0 heterocycles. The van der Waals surface area contributed by atoms with Gasteiger partial charge in [0.15, 0.2) is 0 Å². The minimum Gasteiger partial charge on any atom is -0.507 e. The molecule has 0 aromatic heterocycles. The minimum absolute atomic E-state index is 0.0245. The molecule has 6 rings (SSSR count). The summed E-state index contributed by atoms with van der Waals surface area (Å²) in [5.41, 5.74) is 1.16. The van der Waals surface area contributed by atoms with Crippen LogP contribution in [0.1, 0.15) is 31.8 Å². The van der Waals surface area contributed by atoms with Crippen LogP contribution in [0.2, 0.25) is 0 Å². The fourth-order valence-corrected chi connectivity index (χ4v) is 7.40. The molecular weight excluding hydrogens is 769 g/mol. The highest BCUT2D eigenvalue weighted by atomic mass is 32.2. The van der Waals surface area contributed by atoms with Crippen molar-refractivity contribution >= 4 is 88.2 Å². The topological polar surface area (TPSA) is 266 Å². The van der Waals surface area contributed by atoms with E-state index in [1.807, 2.05) is 0 Å². The SMILES string of the molecule is Cc1ccc(NC(=O)C(=O)Nc2ccc(C)c(C(=O)Nc3ccc(S(=O)(=O)O)c4cccc(O)c34)c2)cc1C(=O)Nc1ccc(S(=O)(=O)O)c2cccc(O)c12. The van der Waals surface area contributed by atoms with Crippen molar-refractivity contribution < 1.29 is 55.3 Å². The number of aromatic hydroxyl groups is 2. The number of hydrogen-bond acceptors (Lipinski definition) is 10. The maximum atomic E-state index is 13.4. The Balaban J connectivity index is 1.18. The van der Waals surface area contributed by atoms with E-state index in [-0.39, 0.29) is 66.9 Å². The summed E-state index contributed by atoms with van der Waals surface area (Å²) >= 11 is 0. The predicted octanol–water partition coefficient (Wildman–Crippen LogP) is 5.60. The third kappa shape index (κ3) is 7.84. The van der Waals surface area contributed by atoms with Crippen molar-refractivity contribution in [2.24, 2.45) is 0 Å². The molecule has 6 aromatic carbocycles. The van der Waals surface area contributed by atoms with Gasteiger partial charge in [-0.15, -0.1) is 0 Å². The van der Waals surface area contributed by atoms with Crippen molar-refractivity contribution in [2.45, 2.75) is 23.6 Å². The Bertz CT molecular complexity index is 2700. The fourth-order valence-electron chi connectivity index (χ4n) is 6.02. The number of carbonyl (C=O) groups excluding carboxylic acids is 4. The van der Waals surface area contributed by atoms with E-state index in [0.29, 0.717) is 11.1 Å². The van der Waals surface area contributed by atoms with E-state index in [4.69, 9.17) is 0 Å². The van der Waals surface area contributed by atoms with Crippen molar-refractivity contribution in [2.75, 3.05) is 21.3 Å². The van der Waals surface area contributed by atoms with E-state index in [9.17, 15) is 55.3 Å². The summed E-state index contributed by atoms with van der Waals surface area (Å²) in [6.45, 7) is 3.21. The first-order valence-corrected chi connectivity index (χ1v) is 19.1. The monoisotopic (exact) mass is 798 g/mol. The largest absolute Gasteiger partial charge is 0.507 e. The molecule has 286 valence electrons. The van der Waals surface area contributed by atoms with Crippen molar-refractivity contribution in [1.29, 1.82) is 0 Å². The highest BCUT2D eigenvalue weighted by Crippen LogP contribution is 2.37. The second-order valence-electron chi connectivity index (χ2n) is 12.4. The number of fused-ring (bicyclic) bond motifs is 2. The van der Waals surface area contributed by atoms with Gasteiger partial charge in [-0.25, -0.2) is 0 Å². The van der Waals surface area contributed by atoms with Gasteiger partial charge in [0.05, 0.1) is 11.4 Å². The summed E-state index contributed by atoms with van der Waals surface area (Å²) in [5, 5.41) is 30.8. The number of rotatable bonds is 8. The Labute approximate surface area is 318 Å². The van der Waals surface area contributed by atoms with Crippen LogP contribution < -0.4 is 21.3 Å². The highest BCUT2D eigenvalue weighted by molar-refractivity contribution is 7.86. The van der Waals surface area contributed by atoms with Gasteiger partial charge in [0.2, 0.25) is 0 Å². The van der Waals surface area contributed by atoms with Gasteiger partial charge in [0.1, 0.15) is 21.3 Å². The Morgan fingerprint density at radius 3 is 1.23 bits per heavy atom. The number of hydrogen-bond donors (Lipinski definition) is 8. The Morgan fingerprint density at radius 1 is 0.500 bits per heavy atom. The van der Waals surface area contributed by atoms with Crippen LogP contribution in [0.25, 0.3) is 21.5 Å². The number of phenolic OH excluding ortho intramolecular Hbond substituents is 2. The molecule has 16 nitrogen and oxygen atoms in total. The zero-order chi connectivity index (χ0) is 40.7. The number of nitrogens with one attached hydrogen (secondary N) is 4. The molecule has 56 heavy (non-hydrogen) atoms. The van der Waals surface area contributed by atoms with Gasteiger partial charge < -0.3 is 31.5 Å². The third-order valence-corrected chi connectivity index (χ3v) is 10.5. The van der Waals surface area contributed by atoms with Crippen LogP contribution in [0.4, 0.5) is 22.7 Å². The molecule has 0 radical (unpaired) electrons. The van der Waals surface area contributed by atoms with Crippen LogP contribution in [0.5, 0.6) is 11.5 Å². The average Bonchev–Trinajstić information content (AvgIpc) is 3.12. The van der Waals surface area contributed by atoms with Crippen molar-refractivity contribution in [3.63, 3.8) is 0 Å². The maximum Gasteiger partial charge on any atom is 0.314 e. The van der Waals surface area contributed by atoms with Crippen molar-refractivity contribution in [3.05, 3.63) is 119 Å². The highest BCUT2D eigenvalue weighted by Gasteiger charge is 2.23. The lowest BCUT2D eigenvalue weighted by Crippen LogP contribution is -2.29. The zero-order valence-corrected chi connectivity index (χ0v) is 30.7. The number of anilines is 4. The van der Waals surface area contributed by atoms with Crippen LogP contribution in [-0.2, 0) is 29.8 Å². The molecule has 0 aliphatic rings. The standard InChI is InChI=1S/C38H30N4O12S2/c1-19-9-11-21(17-25(19)35(45)41-27-13-15-31(55(49,50)51)23-5-3-7-29(43)33(23)27)39-37(47)38(48)40-22-12-10-20(2)26(18-22)36(46)42-28-14-16-32(56(52,53)54)24-6-4-8-30(44)34(24)28/h3-18,43-44H,1-2H3,(H,39,47)(H,40,48)(H,41,45)(H,42,46)(H,49,50,51)(H,52,53,54). The molecule has 0 bridgehead atoms. The summed E-state index contributed by atoms with van der Waals surface area (Å²) in [6, 6.07) is 21.0. The first kappa shape index (κ1) is 38.9. The van der Waals surface area contributed by atoms with Gasteiger partial charge in [-0.05, 0) is 85.6 Å². The molecule has 0 saturated carbocycles. The molecule has 0 atom stereocenters. The predicted molar refractivity (Wildman–Crippen MR) is 206 cm³/mol. The number of carbonyl (C=O) groups is 4. The maximum absolute atomic E-state index is 13.4. The summed E-state index contributed by atoms with van der Waals surface area (Å²) in [7, 11) is -9.34. The first-order valence-electron chi connectivity index (χ1n) is 16.2. The lowest BCUT2D eigenvalue weighted by Gasteiger charge is -2.15. The van der Waals surface area contributed by atoms with E-state index in [1.165, 1.54) is 84.9 Å². The van der Waals surface area contributed by atoms with Crippen molar-refractivity contribution in [3.8, 4) is 11.5 Å². The summed E-state index contributed by atoms with van der Waals surface area (Å²) in [6.07, 6.45) is 0. The minimum atomic E-state index is -4.67. The van der Waals surface area contributed by atoms with Gasteiger partial charge in [0.25, 0.3) is 32.1 Å². The Hall–Kier alpha value is -6.86. The normalized spacial score (nSPS) is 11.6. The third-order valence-electron chi connectivity index (χ3n) is 8.70. The number of phenols is 2. The fraction of sp³-hybridized carbons (Fsp3) is 0.0526. The van der Waals surface area contributed by atoms with Crippen LogP contribution in [-0.4, -0.2) is 59.8 Å². The quantitative estimate of drug-likeness (QED) is 0.0691. The molecule has 18 heteroatoms. The smallest absolute Gasteiger partial charge is 0.314 e. The van der Waals surface area contributed by atoms with E-state index in [2.05, 4.69) is 21.3 Å². The van der Waals surface area contributed by atoms with Crippen molar-refractivity contribution in [1.82, 2.24) is 0 Å². The number of aryl methyl sites for hydroxylation is 2. The molecule has 0 saturated heterocycles. The molecule has 0 aliphatic carbocycles. The summed E-state index contributed by atoms with van der Waals surface area (Å²) in [5.74, 6) is -4.43.